The Hall–Kier alpha value is -1.49. The van der Waals surface area contributed by atoms with Crippen molar-refractivity contribution in [2.45, 2.75) is 51.5 Å². The van der Waals surface area contributed by atoms with Gasteiger partial charge < -0.3 is 9.53 Å². The van der Waals surface area contributed by atoms with E-state index in [-0.39, 0.29) is 24.1 Å². The topological polar surface area (TPSA) is 55.7 Å². The van der Waals surface area contributed by atoms with Gasteiger partial charge in [0.15, 0.2) is 11.4 Å². The number of ether oxygens (including phenoxy) is 1. The number of rotatable bonds is 6. The monoisotopic (exact) mass is 365 g/mol. The van der Waals surface area contributed by atoms with Crippen LogP contribution in [-0.4, -0.2) is 23.2 Å². The second-order valence-corrected chi connectivity index (χ2v) is 6.62. The first-order valence-electron chi connectivity index (χ1n) is 7.42. The quantitative estimate of drug-likeness (QED) is 0.715. The highest BCUT2D eigenvalue weighted by Gasteiger charge is 2.51. The van der Waals surface area contributed by atoms with Gasteiger partial charge in [-0.2, -0.15) is 0 Å². The first-order chi connectivity index (χ1) is 10.4. The Morgan fingerprint density at radius 2 is 2.00 bits per heavy atom. The van der Waals surface area contributed by atoms with Gasteiger partial charge >= 0.3 is 5.97 Å². The van der Waals surface area contributed by atoms with Gasteiger partial charge in [0.25, 0.3) is 0 Å². The molecule has 0 amide bonds. The largest absolute Gasteiger partial charge is 0.410 e. The number of hydrogen-bond donors (Lipinski definition) is 0. The molecule has 0 N–H and O–H groups in total. The van der Waals surface area contributed by atoms with E-state index in [1.54, 1.807) is 13.8 Å². The van der Waals surface area contributed by atoms with Gasteiger partial charge in [-0.3, -0.25) is 0 Å². The van der Waals surface area contributed by atoms with Gasteiger partial charge in [0.05, 0.1) is 0 Å². The van der Waals surface area contributed by atoms with Gasteiger partial charge in [-0.05, 0) is 31.0 Å². The van der Waals surface area contributed by atoms with Crippen molar-refractivity contribution >= 4 is 33.6 Å². The van der Waals surface area contributed by atoms with Crippen LogP contribution >= 0.6 is 15.9 Å². The third-order valence-electron chi connectivity index (χ3n) is 3.92. The molecule has 1 aliphatic heterocycles. The van der Waals surface area contributed by atoms with E-state index in [2.05, 4.69) is 20.9 Å². The minimum atomic E-state index is -0.988. The van der Waals surface area contributed by atoms with Crippen molar-refractivity contribution in [1.29, 1.82) is 0 Å². The first kappa shape index (κ1) is 16.9. The molecule has 1 aliphatic rings. The summed E-state index contributed by atoms with van der Waals surface area (Å²) in [6.45, 7) is 5.23. The summed E-state index contributed by atoms with van der Waals surface area (Å²) in [6, 6.07) is 7.70. The van der Waals surface area contributed by atoms with E-state index in [1.807, 2.05) is 31.2 Å². The molecule has 0 aliphatic carbocycles. The summed E-state index contributed by atoms with van der Waals surface area (Å²) < 4.78 is 6.18. The molecule has 1 aromatic carbocycles. The lowest BCUT2D eigenvalue weighted by Crippen LogP contribution is -2.41. The number of carbonyl (C=O) groups excluding carboxylic acids is 2. The van der Waals surface area contributed by atoms with Crippen LogP contribution in [0.5, 0.6) is 0 Å². The van der Waals surface area contributed by atoms with E-state index in [4.69, 9.17) is 4.74 Å². The van der Waals surface area contributed by atoms with E-state index in [0.717, 1.165) is 16.5 Å². The lowest BCUT2D eigenvalue weighted by atomic mass is 9.74. The maximum atomic E-state index is 12.5. The summed E-state index contributed by atoms with van der Waals surface area (Å²) in [6.07, 6.45) is 1.63. The molecule has 118 valence electrons. The molecule has 0 spiro atoms. The molecule has 0 bridgehead atoms. The highest BCUT2D eigenvalue weighted by molar-refractivity contribution is 9.10. The molecule has 0 aromatic heterocycles. The molecular weight excluding hydrogens is 346 g/mol. The van der Waals surface area contributed by atoms with Crippen LogP contribution in [0.15, 0.2) is 33.7 Å². The molecule has 22 heavy (non-hydrogen) atoms. The number of Topliss-reactive ketones (excluding diaryl/α,β-unsaturated/α-hetero) is 1. The van der Waals surface area contributed by atoms with Crippen LogP contribution in [0.25, 0.3) is 0 Å². The Bertz CT molecular complexity index is 609. The molecule has 0 fully saturated rings. The number of halogens is 1. The van der Waals surface area contributed by atoms with Crippen LogP contribution in [0.2, 0.25) is 0 Å². The number of esters is 1. The molecule has 0 saturated heterocycles. The number of cyclic esters (lactones) is 1. The maximum Gasteiger partial charge on any atom is 0.341 e. The SMILES string of the molecule is CCC[C@]1([C@H](CC(C)=O)c2ccc(Br)cc2)N=C(C)OC1=O. The summed E-state index contributed by atoms with van der Waals surface area (Å²) >= 11 is 3.41. The van der Waals surface area contributed by atoms with Crippen molar-refractivity contribution in [3.05, 3.63) is 34.3 Å². The average molecular weight is 366 g/mol. The van der Waals surface area contributed by atoms with Gasteiger partial charge in [0.2, 0.25) is 0 Å². The van der Waals surface area contributed by atoms with E-state index in [1.165, 1.54) is 0 Å². The zero-order valence-corrected chi connectivity index (χ0v) is 14.6. The van der Waals surface area contributed by atoms with Crippen LogP contribution in [-0.2, 0) is 14.3 Å². The van der Waals surface area contributed by atoms with Crippen LogP contribution in [0.1, 0.15) is 51.5 Å². The van der Waals surface area contributed by atoms with Crippen LogP contribution < -0.4 is 0 Å². The summed E-state index contributed by atoms with van der Waals surface area (Å²) in [5, 5.41) is 0. The molecular formula is C17H20BrNO3. The molecule has 4 nitrogen and oxygen atoms in total. The fourth-order valence-electron chi connectivity index (χ4n) is 3.05. The predicted octanol–water partition coefficient (Wildman–Crippen LogP) is 4.03. The van der Waals surface area contributed by atoms with Crippen molar-refractivity contribution < 1.29 is 14.3 Å². The summed E-state index contributed by atoms with van der Waals surface area (Å²) in [5.74, 6) is -0.232. The third-order valence-corrected chi connectivity index (χ3v) is 4.45. The first-order valence-corrected chi connectivity index (χ1v) is 8.22. The van der Waals surface area contributed by atoms with E-state index >= 15 is 0 Å². The predicted molar refractivity (Wildman–Crippen MR) is 89.0 cm³/mol. The summed E-state index contributed by atoms with van der Waals surface area (Å²) in [4.78, 5) is 28.8. The average Bonchev–Trinajstić information content (AvgIpc) is 2.72. The summed E-state index contributed by atoms with van der Waals surface area (Å²) in [5.41, 5.74) is -0.0551. The Balaban J connectivity index is 2.52. The Morgan fingerprint density at radius 3 is 2.45 bits per heavy atom. The number of benzene rings is 1. The highest BCUT2D eigenvalue weighted by atomic mass is 79.9. The molecule has 2 rings (SSSR count). The van der Waals surface area contributed by atoms with Crippen LogP contribution in [0.4, 0.5) is 0 Å². The standard InChI is InChI=1S/C17H20BrNO3/c1-4-9-17(16(21)22-12(3)19-17)15(10-11(2)20)13-5-7-14(18)8-6-13/h5-8,15H,4,9-10H2,1-3H3/t15-,17-/m1/s1. The van der Waals surface area contributed by atoms with Gasteiger partial charge in [-0.15, -0.1) is 0 Å². The van der Waals surface area contributed by atoms with Crippen LogP contribution in [0, 0.1) is 0 Å². The molecule has 1 heterocycles. The van der Waals surface area contributed by atoms with Gasteiger partial charge in [0, 0.05) is 23.7 Å². The lowest BCUT2D eigenvalue weighted by Gasteiger charge is -2.31. The van der Waals surface area contributed by atoms with E-state index < -0.39 is 5.54 Å². The van der Waals surface area contributed by atoms with Gasteiger partial charge in [-0.25, -0.2) is 9.79 Å². The molecule has 5 heteroatoms. The third kappa shape index (κ3) is 3.29. The number of nitrogens with zero attached hydrogens (tertiary/aromatic N) is 1. The number of ketones is 1. The fraction of sp³-hybridized carbons (Fsp3) is 0.471. The molecule has 0 radical (unpaired) electrons. The normalized spacial score (nSPS) is 22.2. The summed E-state index contributed by atoms with van der Waals surface area (Å²) in [7, 11) is 0. The van der Waals surface area contributed by atoms with Crippen molar-refractivity contribution in [2.75, 3.05) is 0 Å². The second kappa shape index (κ2) is 6.73. The Morgan fingerprint density at radius 1 is 1.36 bits per heavy atom. The second-order valence-electron chi connectivity index (χ2n) is 5.70. The molecule has 2 atom stereocenters. The van der Waals surface area contributed by atoms with E-state index in [0.29, 0.717) is 12.3 Å². The number of aliphatic imine (C=N–C) groups is 1. The van der Waals surface area contributed by atoms with Crippen molar-refractivity contribution in [3.63, 3.8) is 0 Å². The Labute approximate surface area is 139 Å². The number of carbonyl (C=O) groups is 2. The van der Waals surface area contributed by atoms with E-state index in [9.17, 15) is 9.59 Å². The molecule has 0 saturated carbocycles. The van der Waals surface area contributed by atoms with Gasteiger partial charge in [0.1, 0.15) is 5.78 Å². The highest BCUT2D eigenvalue weighted by Crippen LogP contribution is 2.42. The zero-order valence-electron chi connectivity index (χ0n) is 13.1. The van der Waals surface area contributed by atoms with Crippen LogP contribution in [0.3, 0.4) is 0 Å². The van der Waals surface area contributed by atoms with Crippen molar-refractivity contribution in [2.24, 2.45) is 4.99 Å². The van der Waals surface area contributed by atoms with Crippen molar-refractivity contribution in [1.82, 2.24) is 0 Å². The fourth-order valence-corrected chi connectivity index (χ4v) is 3.31. The number of hydrogen-bond acceptors (Lipinski definition) is 4. The van der Waals surface area contributed by atoms with Gasteiger partial charge in [-0.1, -0.05) is 41.4 Å². The minimum Gasteiger partial charge on any atom is -0.410 e. The lowest BCUT2D eigenvalue weighted by molar-refractivity contribution is -0.140. The smallest absolute Gasteiger partial charge is 0.341 e. The molecule has 0 unspecified atom stereocenters. The minimum absolute atomic E-state index is 0.0379. The molecule has 1 aromatic rings. The van der Waals surface area contributed by atoms with Crippen molar-refractivity contribution in [3.8, 4) is 0 Å². The maximum absolute atomic E-state index is 12.5. The Kier molecular flexibility index (Phi) is 5.16. The zero-order chi connectivity index (χ0) is 16.3.